The number of carbonyl (C=O) groups is 2. The second-order valence-corrected chi connectivity index (χ2v) is 6.61. The summed E-state index contributed by atoms with van der Waals surface area (Å²) in [7, 11) is 0. The number of amides is 1. The van der Waals surface area contributed by atoms with Crippen molar-refractivity contribution in [1.29, 1.82) is 0 Å². The Hall–Kier alpha value is -1.06. The first-order valence-electron chi connectivity index (χ1n) is 6.92. The third kappa shape index (κ3) is 2.85. The molecule has 0 saturated heterocycles. The molecule has 2 saturated carbocycles. The van der Waals surface area contributed by atoms with Crippen LogP contribution in [0.5, 0.6) is 0 Å². The summed E-state index contributed by atoms with van der Waals surface area (Å²) in [5, 5.41) is 12.1. The van der Waals surface area contributed by atoms with E-state index >= 15 is 0 Å². The van der Waals surface area contributed by atoms with Crippen molar-refractivity contribution in [3.05, 3.63) is 0 Å². The van der Waals surface area contributed by atoms with Gasteiger partial charge in [0, 0.05) is 12.0 Å². The summed E-state index contributed by atoms with van der Waals surface area (Å²) in [4.78, 5) is 23.2. The highest BCUT2D eigenvalue weighted by atomic mass is 16.4. The molecule has 0 spiro atoms. The van der Waals surface area contributed by atoms with E-state index in [0.717, 1.165) is 32.1 Å². The van der Waals surface area contributed by atoms with E-state index in [0.29, 0.717) is 6.42 Å². The minimum absolute atomic E-state index is 0.0625. The third-order valence-corrected chi connectivity index (χ3v) is 4.38. The Labute approximate surface area is 108 Å². The van der Waals surface area contributed by atoms with Crippen molar-refractivity contribution in [3.63, 3.8) is 0 Å². The number of carbonyl (C=O) groups excluding carboxylic acids is 1. The molecule has 4 nitrogen and oxygen atoms in total. The van der Waals surface area contributed by atoms with Gasteiger partial charge in [-0.3, -0.25) is 9.59 Å². The van der Waals surface area contributed by atoms with Gasteiger partial charge in [-0.2, -0.15) is 0 Å². The maximum absolute atomic E-state index is 12.0. The van der Waals surface area contributed by atoms with Crippen LogP contribution in [0.2, 0.25) is 0 Å². The zero-order valence-electron chi connectivity index (χ0n) is 11.2. The van der Waals surface area contributed by atoms with E-state index in [1.807, 2.05) is 0 Å². The third-order valence-electron chi connectivity index (χ3n) is 4.38. The minimum Gasteiger partial charge on any atom is -0.481 e. The predicted octanol–water partition coefficient (Wildman–Crippen LogP) is 2.18. The first-order chi connectivity index (χ1) is 8.39. The largest absolute Gasteiger partial charge is 0.481 e. The van der Waals surface area contributed by atoms with Gasteiger partial charge >= 0.3 is 5.97 Å². The van der Waals surface area contributed by atoms with E-state index in [1.54, 1.807) is 0 Å². The van der Waals surface area contributed by atoms with Crippen molar-refractivity contribution in [2.45, 2.75) is 58.4 Å². The van der Waals surface area contributed by atoms with Crippen molar-refractivity contribution in [2.75, 3.05) is 0 Å². The zero-order valence-corrected chi connectivity index (χ0v) is 11.2. The van der Waals surface area contributed by atoms with Gasteiger partial charge in [-0.25, -0.2) is 0 Å². The van der Waals surface area contributed by atoms with Crippen molar-refractivity contribution in [1.82, 2.24) is 5.32 Å². The van der Waals surface area contributed by atoms with Gasteiger partial charge in [-0.05, 0) is 31.1 Å². The highest BCUT2D eigenvalue weighted by Gasteiger charge is 2.42. The smallest absolute Gasteiger partial charge is 0.308 e. The van der Waals surface area contributed by atoms with Crippen molar-refractivity contribution < 1.29 is 14.7 Å². The van der Waals surface area contributed by atoms with Crippen molar-refractivity contribution in [2.24, 2.45) is 17.3 Å². The number of carboxylic acid groups (broad SMARTS) is 1. The molecular formula is C14H23NO3. The van der Waals surface area contributed by atoms with Gasteiger partial charge in [0.15, 0.2) is 0 Å². The van der Waals surface area contributed by atoms with E-state index in [-0.39, 0.29) is 23.3 Å². The summed E-state index contributed by atoms with van der Waals surface area (Å²) in [6.07, 6.45) is 5.31. The quantitative estimate of drug-likeness (QED) is 0.810. The number of rotatable bonds is 3. The van der Waals surface area contributed by atoms with Crippen LogP contribution in [-0.4, -0.2) is 23.0 Å². The van der Waals surface area contributed by atoms with E-state index in [9.17, 15) is 9.59 Å². The fourth-order valence-electron chi connectivity index (χ4n) is 3.36. The normalized spacial score (nSPS) is 31.4. The van der Waals surface area contributed by atoms with E-state index in [1.165, 1.54) is 0 Å². The van der Waals surface area contributed by atoms with Crippen LogP contribution in [0.1, 0.15) is 52.4 Å². The molecule has 2 fully saturated rings. The van der Waals surface area contributed by atoms with Gasteiger partial charge in [0.2, 0.25) is 5.91 Å². The average molecular weight is 253 g/mol. The predicted molar refractivity (Wildman–Crippen MR) is 68.0 cm³/mol. The van der Waals surface area contributed by atoms with Crippen LogP contribution in [0.3, 0.4) is 0 Å². The Balaban J connectivity index is 1.88. The molecule has 1 amide bonds. The molecule has 0 aliphatic heterocycles. The van der Waals surface area contributed by atoms with Crippen LogP contribution in [-0.2, 0) is 9.59 Å². The van der Waals surface area contributed by atoms with Crippen LogP contribution in [0, 0.1) is 17.3 Å². The molecule has 102 valence electrons. The summed E-state index contributed by atoms with van der Waals surface area (Å²) in [5.41, 5.74) is 0.279. The summed E-state index contributed by atoms with van der Waals surface area (Å²) in [6.45, 7) is 4.33. The van der Waals surface area contributed by atoms with Gasteiger partial charge in [0.05, 0.1) is 5.92 Å². The maximum Gasteiger partial charge on any atom is 0.308 e. The Morgan fingerprint density at radius 3 is 2.33 bits per heavy atom. The van der Waals surface area contributed by atoms with Crippen LogP contribution in [0.4, 0.5) is 0 Å². The van der Waals surface area contributed by atoms with Gasteiger partial charge in [0.1, 0.15) is 0 Å². The number of nitrogens with one attached hydrogen (secondary N) is 1. The second kappa shape index (κ2) is 4.90. The lowest BCUT2D eigenvalue weighted by Crippen LogP contribution is -2.50. The fraction of sp³-hybridized carbons (Fsp3) is 0.857. The highest BCUT2D eigenvalue weighted by molar-refractivity contribution is 5.81. The number of hydrogen-bond donors (Lipinski definition) is 2. The lowest BCUT2D eigenvalue weighted by Gasteiger charge is -2.42. The molecule has 0 radical (unpaired) electrons. The molecule has 4 heteroatoms. The van der Waals surface area contributed by atoms with Gasteiger partial charge in [0.25, 0.3) is 0 Å². The lowest BCUT2D eigenvalue weighted by atomic mass is 9.64. The second-order valence-electron chi connectivity index (χ2n) is 6.61. The number of hydrogen-bond acceptors (Lipinski definition) is 2. The Bertz CT molecular complexity index is 343. The minimum atomic E-state index is -0.770. The van der Waals surface area contributed by atoms with Crippen LogP contribution in [0.15, 0.2) is 0 Å². The molecule has 0 aromatic carbocycles. The molecule has 2 aliphatic rings. The lowest BCUT2D eigenvalue weighted by molar-refractivity contribution is -0.144. The molecule has 0 bridgehead atoms. The topological polar surface area (TPSA) is 66.4 Å². The first kappa shape index (κ1) is 13.4. The van der Waals surface area contributed by atoms with E-state index in [4.69, 9.17) is 5.11 Å². The van der Waals surface area contributed by atoms with Gasteiger partial charge < -0.3 is 10.4 Å². The van der Waals surface area contributed by atoms with E-state index < -0.39 is 11.9 Å². The average Bonchev–Trinajstić information content (AvgIpc) is 2.26. The molecule has 2 atom stereocenters. The molecular weight excluding hydrogens is 230 g/mol. The molecule has 18 heavy (non-hydrogen) atoms. The summed E-state index contributed by atoms with van der Waals surface area (Å²) in [6, 6.07) is -0.160. The number of carboxylic acids is 1. The Kier molecular flexibility index (Phi) is 3.64. The molecule has 0 heterocycles. The fourth-order valence-corrected chi connectivity index (χ4v) is 3.36. The van der Waals surface area contributed by atoms with E-state index in [2.05, 4.69) is 19.2 Å². The van der Waals surface area contributed by atoms with Crippen molar-refractivity contribution in [3.8, 4) is 0 Å². The summed E-state index contributed by atoms with van der Waals surface area (Å²) < 4.78 is 0. The zero-order chi connectivity index (χ0) is 13.3. The van der Waals surface area contributed by atoms with Gasteiger partial charge in [-0.1, -0.05) is 26.7 Å². The first-order valence-corrected chi connectivity index (χ1v) is 6.92. The molecule has 0 aromatic rings. The van der Waals surface area contributed by atoms with Crippen LogP contribution in [0.25, 0.3) is 0 Å². The Morgan fingerprint density at radius 1 is 1.17 bits per heavy atom. The molecule has 0 unspecified atom stereocenters. The molecule has 0 aromatic heterocycles. The highest BCUT2D eigenvalue weighted by Crippen LogP contribution is 2.44. The Morgan fingerprint density at radius 2 is 1.78 bits per heavy atom. The van der Waals surface area contributed by atoms with Gasteiger partial charge in [-0.15, -0.1) is 0 Å². The van der Waals surface area contributed by atoms with Crippen LogP contribution >= 0.6 is 0 Å². The molecule has 2 rings (SSSR count). The standard InChI is InChI=1S/C14H23NO3/c1-14(2)7-9(8-14)12(16)15-11-6-4-3-5-10(11)13(17)18/h9-11H,3-8H2,1-2H3,(H,15,16)(H,17,18)/t10-,11+/m0/s1. The molecule has 2 aliphatic carbocycles. The maximum atomic E-state index is 12.0. The monoisotopic (exact) mass is 253 g/mol. The van der Waals surface area contributed by atoms with Crippen LogP contribution < -0.4 is 5.32 Å². The molecule has 2 N–H and O–H groups in total. The summed E-state index contributed by atoms with van der Waals surface area (Å²) in [5.74, 6) is -1.01. The summed E-state index contributed by atoms with van der Waals surface area (Å²) >= 11 is 0. The SMILES string of the molecule is CC1(C)CC(C(=O)N[C@@H]2CCCC[C@@H]2C(=O)O)C1. The number of aliphatic carboxylic acids is 1. The van der Waals surface area contributed by atoms with Crippen molar-refractivity contribution >= 4 is 11.9 Å².